The van der Waals surface area contributed by atoms with Gasteiger partial charge in [-0.25, -0.2) is 4.98 Å². The summed E-state index contributed by atoms with van der Waals surface area (Å²) in [6.45, 7) is 12.2. The van der Waals surface area contributed by atoms with Crippen molar-refractivity contribution < 1.29 is 0 Å². The van der Waals surface area contributed by atoms with Crippen molar-refractivity contribution in [3.05, 3.63) is 17.7 Å². The molecule has 0 saturated heterocycles. The first-order chi connectivity index (χ1) is 7.00. The van der Waals surface area contributed by atoms with Gasteiger partial charge in [-0.05, 0) is 27.2 Å². The minimum Gasteiger partial charge on any atom is -0.332 e. The van der Waals surface area contributed by atoms with E-state index in [9.17, 15) is 0 Å². The van der Waals surface area contributed by atoms with Gasteiger partial charge in [-0.2, -0.15) is 0 Å². The maximum Gasteiger partial charge on any atom is 0.123 e. The van der Waals surface area contributed by atoms with Crippen LogP contribution in [0, 0.1) is 0 Å². The van der Waals surface area contributed by atoms with Crippen LogP contribution in [0.25, 0.3) is 0 Å². The van der Waals surface area contributed by atoms with Gasteiger partial charge in [0.2, 0.25) is 0 Å². The first kappa shape index (κ1) is 10.7. The Hall–Kier alpha value is -0.830. The Morgan fingerprint density at radius 3 is 2.67 bits per heavy atom. The highest BCUT2D eigenvalue weighted by molar-refractivity contribution is 5.06. The van der Waals surface area contributed by atoms with Crippen LogP contribution in [-0.2, 0) is 19.5 Å². The third-order valence-electron chi connectivity index (χ3n) is 3.16. The fraction of sp³-hybridized carbons (Fsp3) is 0.750. The molecule has 0 bridgehead atoms. The van der Waals surface area contributed by atoms with Crippen molar-refractivity contribution in [2.45, 2.75) is 52.7 Å². The Balaban J connectivity index is 2.19. The molecule has 0 spiro atoms. The van der Waals surface area contributed by atoms with E-state index in [4.69, 9.17) is 0 Å². The molecule has 0 unspecified atom stereocenters. The van der Waals surface area contributed by atoms with Crippen LogP contribution in [0.1, 0.15) is 39.2 Å². The fourth-order valence-electron chi connectivity index (χ4n) is 2.05. The van der Waals surface area contributed by atoms with E-state index in [-0.39, 0.29) is 5.54 Å². The molecule has 1 aromatic rings. The molecule has 0 aliphatic carbocycles. The molecule has 3 nitrogen and oxygen atoms in total. The van der Waals surface area contributed by atoms with E-state index in [0.717, 1.165) is 26.1 Å². The number of nitrogens with zero attached hydrogens (tertiary/aromatic N) is 3. The number of aryl methyl sites for hydroxylation is 1. The minimum atomic E-state index is 0.254. The van der Waals surface area contributed by atoms with Gasteiger partial charge in [-0.3, -0.25) is 4.90 Å². The monoisotopic (exact) mass is 207 g/mol. The quantitative estimate of drug-likeness (QED) is 0.703. The second kappa shape index (κ2) is 3.63. The molecule has 84 valence electrons. The number of aromatic nitrogens is 2. The summed E-state index contributed by atoms with van der Waals surface area (Å²) < 4.78 is 2.31. The molecule has 2 heterocycles. The summed E-state index contributed by atoms with van der Waals surface area (Å²) in [5, 5.41) is 0. The first-order valence-electron chi connectivity index (χ1n) is 5.80. The Morgan fingerprint density at radius 2 is 2.07 bits per heavy atom. The van der Waals surface area contributed by atoms with Gasteiger partial charge in [0.15, 0.2) is 0 Å². The van der Waals surface area contributed by atoms with Crippen LogP contribution in [0.2, 0.25) is 0 Å². The molecule has 1 aliphatic heterocycles. The summed E-state index contributed by atoms with van der Waals surface area (Å²) in [5.41, 5.74) is 1.48. The van der Waals surface area contributed by atoms with Gasteiger partial charge in [0, 0.05) is 24.8 Å². The lowest BCUT2D eigenvalue weighted by Gasteiger charge is -2.38. The highest BCUT2D eigenvalue weighted by Gasteiger charge is 2.26. The normalized spacial score (nSPS) is 17.9. The number of imidazole rings is 1. The molecule has 2 rings (SSSR count). The van der Waals surface area contributed by atoms with E-state index in [1.165, 1.54) is 11.5 Å². The number of rotatable bonds is 1. The maximum absolute atomic E-state index is 4.65. The summed E-state index contributed by atoms with van der Waals surface area (Å²) in [6, 6.07) is 0. The molecule has 0 radical (unpaired) electrons. The van der Waals surface area contributed by atoms with Crippen LogP contribution in [0.5, 0.6) is 0 Å². The third kappa shape index (κ3) is 2.07. The molecule has 0 saturated carbocycles. The van der Waals surface area contributed by atoms with Crippen molar-refractivity contribution in [1.29, 1.82) is 0 Å². The standard InChI is InChI=1S/C12H21N3/c1-5-10-8-14-6-7-15(12(2,3)4)9-11(14)13-10/h8H,5-7,9H2,1-4H3. The molecule has 3 heteroatoms. The van der Waals surface area contributed by atoms with Gasteiger partial charge in [0.1, 0.15) is 5.82 Å². The Morgan fingerprint density at radius 1 is 1.33 bits per heavy atom. The lowest BCUT2D eigenvalue weighted by atomic mass is 10.1. The average molecular weight is 207 g/mol. The van der Waals surface area contributed by atoms with Gasteiger partial charge in [0.25, 0.3) is 0 Å². The molecule has 15 heavy (non-hydrogen) atoms. The van der Waals surface area contributed by atoms with Crippen LogP contribution < -0.4 is 0 Å². The second-order valence-electron chi connectivity index (χ2n) is 5.29. The maximum atomic E-state index is 4.65. The van der Waals surface area contributed by atoms with Crippen LogP contribution in [0.3, 0.4) is 0 Å². The molecule has 1 aliphatic rings. The molecule has 0 fully saturated rings. The van der Waals surface area contributed by atoms with E-state index in [0.29, 0.717) is 0 Å². The van der Waals surface area contributed by atoms with Gasteiger partial charge in [-0.1, -0.05) is 6.92 Å². The largest absolute Gasteiger partial charge is 0.332 e. The minimum absolute atomic E-state index is 0.254. The van der Waals surface area contributed by atoms with Crippen molar-refractivity contribution in [1.82, 2.24) is 14.5 Å². The molecule has 0 N–H and O–H groups in total. The topological polar surface area (TPSA) is 21.1 Å². The fourth-order valence-corrected chi connectivity index (χ4v) is 2.05. The van der Waals surface area contributed by atoms with Crippen molar-refractivity contribution >= 4 is 0 Å². The predicted molar refractivity (Wildman–Crippen MR) is 61.8 cm³/mol. The number of hydrogen-bond acceptors (Lipinski definition) is 2. The molecular weight excluding hydrogens is 186 g/mol. The average Bonchev–Trinajstić information content (AvgIpc) is 2.57. The van der Waals surface area contributed by atoms with E-state index >= 15 is 0 Å². The lowest BCUT2D eigenvalue weighted by molar-refractivity contribution is 0.100. The second-order valence-corrected chi connectivity index (χ2v) is 5.29. The summed E-state index contributed by atoms with van der Waals surface area (Å²) in [5.74, 6) is 1.23. The van der Waals surface area contributed by atoms with Crippen molar-refractivity contribution in [2.75, 3.05) is 6.54 Å². The molecule has 0 amide bonds. The highest BCUT2D eigenvalue weighted by Crippen LogP contribution is 2.21. The van der Waals surface area contributed by atoms with Crippen LogP contribution in [0.4, 0.5) is 0 Å². The van der Waals surface area contributed by atoms with Crippen LogP contribution in [0.15, 0.2) is 6.20 Å². The zero-order valence-corrected chi connectivity index (χ0v) is 10.2. The van der Waals surface area contributed by atoms with E-state index in [2.05, 4.69) is 48.3 Å². The summed E-state index contributed by atoms with van der Waals surface area (Å²) in [4.78, 5) is 7.15. The SMILES string of the molecule is CCc1cn2c(n1)CN(C(C)(C)C)CC2. The van der Waals surface area contributed by atoms with E-state index < -0.39 is 0 Å². The van der Waals surface area contributed by atoms with Gasteiger partial charge in [-0.15, -0.1) is 0 Å². The smallest absolute Gasteiger partial charge is 0.123 e. The summed E-state index contributed by atoms with van der Waals surface area (Å²) >= 11 is 0. The Kier molecular flexibility index (Phi) is 2.59. The van der Waals surface area contributed by atoms with Gasteiger partial charge < -0.3 is 4.57 Å². The molecule has 1 aromatic heterocycles. The van der Waals surface area contributed by atoms with Crippen molar-refractivity contribution in [3.8, 4) is 0 Å². The Labute approximate surface area is 92.1 Å². The number of hydrogen-bond donors (Lipinski definition) is 0. The summed E-state index contributed by atoms with van der Waals surface area (Å²) in [6.07, 6.45) is 3.24. The zero-order valence-electron chi connectivity index (χ0n) is 10.2. The highest BCUT2D eigenvalue weighted by atomic mass is 15.3. The lowest BCUT2D eigenvalue weighted by Crippen LogP contribution is -2.45. The predicted octanol–water partition coefficient (Wildman–Crippen LogP) is 2.06. The van der Waals surface area contributed by atoms with E-state index in [1.807, 2.05) is 0 Å². The molecule has 0 atom stereocenters. The van der Waals surface area contributed by atoms with E-state index in [1.54, 1.807) is 0 Å². The zero-order chi connectivity index (χ0) is 11.1. The Bertz CT molecular complexity index is 346. The molecular formula is C12H21N3. The van der Waals surface area contributed by atoms with Crippen LogP contribution in [-0.4, -0.2) is 26.5 Å². The van der Waals surface area contributed by atoms with Crippen molar-refractivity contribution in [3.63, 3.8) is 0 Å². The first-order valence-corrected chi connectivity index (χ1v) is 5.80. The third-order valence-corrected chi connectivity index (χ3v) is 3.16. The van der Waals surface area contributed by atoms with Gasteiger partial charge in [0.05, 0.1) is 12.2 Å². The van der Waals surface area contributed by atoms with Crippen LogP contribution >= 0.6 is 0 Å². The number of fused-ring (bicyclic) bond motifs is 1. The van der Waals surface area contributed by atoms with Gasteiger partial charge >= 0.3 is 0 Å². The molecule has 0 aromatic carbocycles. The van der Waals surface area contributed by atoms with Crippen molar-refractivity contribution in [2.24, 2.45) is 0 Å². The summed E-state index contributed by atoms with van der Waals surface area (Å²) in [7, 11) is 0.